The molecule has 1 aromatic carbocycles. The SMILES string of the molecule is Cc1cccc(C)c1NC(=O)CN1CCc2nc(N3CCCCC3)[nH]c(=O)c2C1. The number of fused-ring (bicyclic) bond motifs is 1. The number of carbonyl (C=O) groups is 1. The average molecular weight is 396 g/mol. The van der Waals surface area contributed by atoms with Crippen LogP contribution in [-0.2, 0) is 17.8 Å². The van der Waals surface area contributed by atoms with E-state index in [1.165, 1.54) is 6.42 Å². The van der Waals surface area contributed by atoms with Gasteiger partial charge in [-0.3, -0.25) is 19.5 Å². The number of rotatable bonds is 4. The maximum absolute atomic E-state index is 12.7. The Hall–Kier alpha value is -2.67. The highest BCUT2D eigenvalue weighted by molar-refractivity contribution is 5.93. The normalized spacial score (nSPS) is 17.1. The Bertz CT molecular complexity index is 942. The highest BCUT2D eigenvalue weighted by Crippen LogP contribution is 2.21. The molecule has 2 aliphatic heterocycles. The molecule has 3 heterocycles. The summed E-state index contributed by atoms with van der Waals surface area (Å²) in [6, 6.07) is 5.97. The van der Waals surface area contributed by atoms with E-state index in [0.717, 1.165) is 55.0 Å². The molecule has 1 aromatic heterocycles. The number of hydrogen-bond acceptors (Lipinski definition) is 5. The molecule has 2 aromatic rings. The third-order valence-electron chi connectivity index (χ3n) is 5.90. The van der Waals surface area contributed by atoms with Crippen LogP contribution in [0, 0.1) is 13.8 Å². The molecule has 7 nitrogen and oxygen atoms in total. The molecule has 0 spiro atoms. The number of aromatic nitrogens is 2. The summed E-state index contributed by atoms with van der Waals surface area (Å²) in [4.78, 5) is 37.2. The third-order valence-corrected chi connectivity index (χ3v) is 5.90. The van der Waals surface area contributed by atoms with Gasteiger partial charge in [-0.15, -0.1) is 0 Å². The summed E-state index contributed by atoms with van der Waals surface area (Å²) in [6.45, 7) is 7.33. The Morgan fingerprint density at radius 3 is 2.59 bits per heavy atom. The third kappa shape index (κ3) is 4.34. The number of anilines is 2. The van der Waals surface area contributed by atoms with Gasteiger partial charge in [0.25, 0.3) is 5.56 Å². The Kier molecular flexibility index (Phi) is 5.67. The highest BCUT2D eigenvalue weighted by atomic mass is 16.2. The van der Waals surface area contributed by atoms with Crippen LogP contribution in [0.25, 0.3) is 0 Å². The van der Waals surface area contributed by atoms with Gasteiger partial charge in [0.1, 0.15) is 0 Å². The standard InChI is InChI=1S/C22H29N5O2/c1-15-7-6-8-16(2)20(15)24-19(28)14-26-12-9-18-17(13-26)21(29)25-22(23-18)27-10-4-3-5-11-27/h6-8H,3-5,9-14H2,1-2H3,(H,24,28)(H,23,25,29). The van der Waals surface area contributed by atoms with Gasteiger partial charge >= 0.3 is 0 Å². The van der Waals surface area contributed by atoms with Crippen LogP contribution in [0.3, 0.4) is 0 Å². The monoisotopic (exact) mass is 395 g/mol. The van der Waals surface area contributed by atoms with Gasteiger partial charge in [-0.2, -0.15) is 0 Å². The molecule has 154 valence electrons. The molecule has 0 saturated carbocycles. The number of amides is 1. The van der Waals surface area contributed by atoms with Crippen LogP contribution in [0.15, 0.2) is 23.0 Å². The van der Waals surface area contributed by atoms with Crippen LogP contribution in [0.5, 0.6) is 0 Å². The van der Waals surface area contributed by atoms with E-state index in [1.807, 2.05) is 36.9 Å². The molecule has 0 unspecified atom stereocenters. The fraction of sp³-hybridized carbons (Fsp3) is 0.500. The molecule has 0 atom stereocenters. The molecule has 0 aliphatic carbocycles. The number of para-hydroxylation sites is 1. The number of benzene rings is 1. The van der Waals surface area contributed by atoms with Crippen molar-refractivity contribution in [3.05, 3.63) is 50.9 Å². The average Bonchev–Trinajstić information content (AvgIpc) is 2.72. The van der Waals surface area contributed by atoms with Crippen molar-refractivity contribution in [3.63, 3.8) is 0 Å². The minimum absolute atomic E-state index is 0.0554. The molecule has 2 aliphatic rings. The molecule has 0 bridgehead atoms. The lowest BCUT2D eigenvalue weighted by molar-refractivity contribution is -0.117. The topological polar surface area (TPSA) is 81.3 Å². The van der Waals surface area contributed by atoms with E-state index in [-0.39, 0.29) is 18.0 Å². The van der Waals surface area contributed by atoms with E-state index in [4.69, 9.17) is 4.98 Å². The number of piperidine rings is 1. The van der Waals surface area contributed by atoms with Crippen LogP contribution in [0.2, 0.25) is 0 Å². The van der Waals surface area contributed by atoms with Crippen LogP contribution in [0.1, 0.15) is 41.6 Å². The van der Waals surface area contributed by atoms with E-state index >= 15 is 0 Å². The fourth-order valence-corrected chi connectivity index (χ4v) is 4.25. The Labute approximate surface area is 171 Å². The minimum atomic E-state index is -0.0737. The zero-order valence-corrected chi connectivity index (χ0v) is 17.3. The van der Waals surface area contributed by atoms with Crippen LogP contribution in [-0.4, -0.2) is 47.0 Å². The quantitative estimate of drug-likeness (QED) is 0.831. The summed E-state index contributed by atoms with van der Waals surface area (Å²) in [5, 5.41) is 3.03. The number of hydrogen-bond donors (Lipinski definition) is 2. The number of nitrogens with one attached hydrogen (secondary N) is 2. The summed E-state index contributed by atoms with van der Waals surface area (Å²) in [5.41, 5.74) is 4.47. The summed E-state index contributed by atoms with van der Waals surface area (Å²) >= 11 is 0. The van der Waals surface area contributed by atoms with Gasteiger partial charge in [-0.1, -0.05) is 18.2 Å². The zero-order valence-electron chi connectivity index (χ0n) is 17.3. The number of aromatic amines is 1. The van der Waals surface area contributed by atoms with Crippen LogP contribution < -0.4 is 15.8 Å². The summed E-state index contributed by atoms with van der Waals surface area (Å²) in [6.07, 6.45) is 4.22. The molecular weight excluding hydrogens is 366 g/mol. The van der Waals surface area contributed by atoms with Crippen molar-refractivity contribution in [1.82, 2.24) is 14.9 Å². The molecule has 1 amide bonds. The van der Waals surface area contributed by atoms with E-state index in [9.17, 15) is 9.59 Å². The maximum Gasteiger partial charge on any atom is 0.257 e. The summed E-state index contributed by atoms with van der Waals surface area (Å²) in [5.74, 6) is 0.648. The van der Waals surface area contributed by atoms with Gasteiger partial charge in [-0.05, 0) is 44.2 Å². The van der Waals surface area contributed by atoms with Crippen LogP contribution >= 0.6 is 0 Å². The Morgan fingerprint density at radius 2 is 1.86 bits per heavy atom. The predicted molar refractivity (Wildman–Crippen MR) is 114 cm³/mol. The van der Waals surface area contributed by atoms with Gasteiger partial charge in [0.15, 0.2) is 0 Å². The van der Waals surface area contributed by atoms with Crippen molar-refractivity contribution in [2.24, 2.45) is 0 Å². The smallest absolute Gasteiger partial charge is 0.257 e. The number of nitrogens with zero attached hydrogens (tertiary/aromatic N) is 3. The zero-order chi connectivity index (χ0) is 20.4. The highest BCUT2D eigenvalue weighted by Gasteiger charge is 2.24. The fourth-order valence-electron chi connectivity index (χ4n) is 4.25. The van der Waals surface area contributed by atoms with E-state index in [0.29, 0.717) is 24.5 Å². The predicted octanol–water partition coefficient (Wildman–Crippen LogP) is 2.37. The van der Waals surface area contributed by atoms with Crippen molar-refractivity contribution < 1.29 is 4.79 Å². The van der Waals surface area contributed by atoms with Crippen molar-refractivity contribution in [1.29, 1.82) is 0 Å². The molecular formula is C22H29N5O2. The van der Waals surface area contributed by atoms with Crippen LogP contribution in [0.4, 0.5) is 11.6 Å². The van der Waals surface area contributed by atoms with Crippen molar-refractivity contribution >= 4 is 17.5 Å². The summed E-state index contributed by atoms with van der Waals surface area (Å²) in [7, 11) is 0. The second kappa shape index (κ2) is 8.37. The van der Waals surface area contributed by atoms with Gasteiger partial charge in [0.05, 0.1) is 17.8 Å². The van der Waals surface area contributed by atoms with Gasteiger partial charge in [-0.25, -0.2) is 4.98 Å². The lowest BCUT2D eigenvalue weighted by Crippen LogP contribution is -2.41. The van der Waals surface area contributed by atoms with E-state index < -0.39 is 0 Å². The van der Waals surface area contributed by atoms with E-state index in [2.05, 4.69) is 15.2 Å². The first kappa shape index (κ1) is 19.6. The van der Waals surface area contributed by atoms with E-state index in [1.54, 1.807) is 0 Å². The number of aryl methyl sites for hydroxylation is 2. The molecule has 2 N–H and O–H groups in total. The van der Waals surface area contributed by atoms with Crippen molar-refractivity contribution in [2.45, 2.75) is 46.1 Å². The Morgan fingerprint density at radius 1 is 1.14 bits per heavy atom. The lowest BCUT2D eigenvalue weighted by atomic mass is 10.1. The largest absolute Gasteiger partial charge is 0.342 e. The molecule has 0 radical (unpaired) electrons. The molecule has 29 heavy (non-hydrogen) atoms. The first-order chi connectivity index (χ1) is 14.0. The van der Waals surface area contributed by atoms with Crippen molar-refractivity contribution in [3.8, 4) is 0 Å². The second-order valence-corrected chi connectivity index (χ2v) is 8.14. The summed E-state index contributed by atoms with van der Waals surface area (Å²) < 4.78 is 0. The molecule has 4 rings (SSSR count). The molecule has 7 heteroatoms. The molecule has 1 fully saturated rings. The first-order valence-electron chi connectivity index (χ1n) is 10.5. The first-order valence-corrected chi connectivity index (χ1v) is 10.5. The van der Waals surface area contributed by atoms with Gasteiger partial charge in [0.2, 0.25) is 11.9 Å². The lowest BCUT2D eigenvalue weighted by Gasteiger charge is -2.30. The Balaban J connectivity index is 1.43. The number of carbonyl (C=O) groups excluding carboxylic acids is 1. The van der Waals surface area contributed by atoms with Gasteiger partial charge < -0.3 is 10.2 Å². The second-order valence-electron chi connectivity index (χ2n) is 8.14. The molecule has 1 saturated heterocycles. The number of H-pyrrole nitrogens is 1. The maximum atomic E-state index is 12.7. The van der Waals surface area contributed by atoms with Gasteiger partial charge in [0, 0.05) is 38.3 Å². The minimum Gasteiger partial charge on any atom is -0.342 e. The van der Waals surface area contributed by atoms with Crippen molar-refractivity contribution in [2.75, 3.05) is 36.4 Å².